The first-order chi connectivity index (χ1) is 15.6. The van der Waals surface area contributed by atoms with Gasteiger partial charge in [-0.05, 0) is 78.4 Å². The van der Waals surface area contributed by atoms with Gasteiger partial charge >= 0.3 is 0 Å². The molecule has 0 atom stereocenters. The molecule has 164 valence electrons. The van der Waals surface area contributed by atoms with Gasteiger partial charge in [0.05, 0.1) is 26.2 Å². The Bertz CT molecular complexity index is 1120. The zero-order valence-corrected chi connectivity index (χ0v) is 18.5. The van der Waals surface area contributed by atoms with Crippen LogP contribution >= 0.6 is 0 Å². The van der Waals surface area contributed by atoms with E-state index in [2.05, 4.69) is 6.07 Å². The van der Waals surface area contributed by atoms with E-state index in [0.717, 1.165) is 53.3 Å². The Morgan fingerprint density at radius 1 is 0.812 bits per heavy atom. The zero-order chi connectivity index (χ0) is 22.1. The Morgan fingerprint density at radius 3 is 2.00 bits per heavy atom. The van der Waals surface area contributed by atoms with Crippen LogP contribution in [0.3, 0.4) is 0 Å². The van der Waals surface area contributed by atoms with Crippen molar-refractivity contribution in [1.29, 1.82) is 0 Å². The average molecular weight is 430 g/mol. The van der Waals surface area contributed by atoms with E-state index in [-0.39, 0.29) is 11.3 Å². The van der Waals surface area contributed by atoms with Gasteiger partial charge in [-0.1, -0.05) is 24.3 Å². The van der Waals surface area contributed by atoms with Gasteiger partial charge in [-0.3, -0.25) is 4.79 Å². The number of hydrogen-bond donors (Lipinski definition) is 0. The number of carbonyl (C=O) groups is 1. The van der Waals surface area contributed by atoms with Gasteiger partial charge in [-0.15, -0.1) is 0 Å². The molecule has 1 fully saturated rings. The summed E-state index contributed by atoms with van der Waals surface area (Å²) >= 11 is 0. The Morgan fingerprint density at radius 2 is 1.41 bits per heavy atom. The Labute approximate surface area is 188 Å². The fourth-order valence-electron chi connectivity index (χ4n) is 4.39. The molecule has 3 aromatic rings. The number of nitrogens with zero attached hydrogens (tertiary/aromatic N) is 1. The van der Waals surface area contributed by atoms with Crippen LogP contribution < -0.4 is 19.1 Å². The largest absolute Gasteiger partial charge is 0.497 e. The maximum atomic E-state index is 13.3. The van der Waals surface area contributed by atoms with E-state index in [0.29, 0.717) is 13.2 Å². The standard InChI is InChI=1S/C27H27NO4/c1-30-22-7-3-19(4-8-22)17-28-25-12-11-24(15-21(25)16-27(13-14-27)26(28)29)32-18-20-5-9-23(31-2)10-6-20/h3-12,15H,13-14,16-18H2,1-2H3. The van der Waals surface area contributed by atoms with Crippen LogP contribution in [0.2, 0.25) is 0 Å². The third-order valence-corrected chi connectivity index (χ3v) is 6.49. The van der Waals surface area contributed by atoms with Crippen molar-refractivity contribution in [3.63, 3.8) is 0 Å². The van der Waals surface area contributed by atoms with E-state index in [9.17, 15) is 4.79 Å². The zero-order valence-electron chi connectivity index (χ0n) is 18.5. The lowest BCUT2D eigenvalue weighted by molar-refractivity contribution is -0.124. The highest BCUT2D eigenvalue weighted by Crippen LogP contribution is 2.54. The fourth-order valence-corrected chi connectivity index (χ4v) is 4.39. The number of anilines is 1. The fraction of sp³-hybridized carbons (Fsp3) is 0.296. The summed E-state index contributed by atoms with van der Waals surface area (Å²) in [6.45, 7) is 1.05. The van der Waals surface area contributed by atoms with Crippen molar-refractivity contribution >= 4 is 11.6 Å². The second kappa shape index (κ2) is 8.23. The summed E-state index contributed by atoms with van der Waals surface area (Å²) in [6.07, 6.45) is 2.71. The molecule has 0 unspecified atom stereocenters. The summed E-state index contributed by atoms with van der Waals surface area (Å²) in [5, 5.41) is 0. The van der Waals surface area contributed by atoms with Crippen LogP contribution in [0.4, 0.5) is 5.69 Å². The smallest absolute Gasteiger partial charge is 0.233 e. The maximum absolute atomic E-state index is 13.3. The van der Waals surface area contributed by atoms with Crippen LogP contribution in [0.15, 0.2) is 66.7 Å². The molecule has 1 aliphatic carbocycles. The van der Waals surface area contributed by atoms with Crippen LogP contribution in [0, 0.1) is 5.41 Å². The number of amides is 1. The highest BCUT2D eigenvalue weighted by atomic mass is 16.5. The molecule has 1 amide bonds. The van der Waals surface area contributed by atoms with Gasteiger partial charge in [0, 0.05) is 5.69 Å². The van der Waals surface area contributed by atoms with Gasteiger partial charge in [0.15, 0.2) is 0 Å². The molecule has 1 aliphatic heterocycles. The molecule has 5 heteroatoms. The lowest BCUT2D eigenvalue weighted by atomic mass is 9.88. The third kappa shape index (κ3) is 3.91. The molecule has 1 spiro atoms. The quantitative estimate of drug-likeness (QED) is 0.521. The van der Waals surface area contributed by atoms with Crippen molar-refractivity contribution in [2.75, 3.05) is 19.1 Å². The van der Waals surface area contributed by atoms with Crippen molar-refractivity contribution < 1.29 is 19.0 Å². The molecular formula is C27H27NO4. The van der Waals surface area contributed by atoms with E-state index >= 15 is 0 Å². The van der Waals surface area contributed by atoms with Gasteiger partial charge in [-0.2, -0.15) is 0 Å². The SMILES string of the molecule is COc1ccc(COc2ccc3c(c2)CC2(CC2)C(=O)N3Cc2ccc(OC)cc2)cc1. The molecule has 5 rings (SSSR count). The van der Waals surface area contributed by atoms with E-state index < -0.39 is 0 Å². The van der Waals surface area contributed by atoms with E-state index in [1.165, 1.54) is 5.56 Å². The molecule has 1 heterocycles. The van der Waals surface area contributed by atoms with Crippen LogP contribution in [0.25, 0.3) is 0 Å². The average Bonchev–Trinajstić information content (AvgIpc) is 3.61. The molecular weight excluding hydrogens is 402 g/mol. The van der Waals surface area contributed by atoms with Crippen molar-refractivity contribution in [2.45, 2.75) is 32.4 Å². The number of carbonyl (C=O) groups excluding carboxylic acids is 1. The minimum absolute atomic E-state index is 0.228. The van der Waals surface area contributed by atoms with E-state index in [1.54, 1.807) is 14.2 Å². The second-order valence-electron chi connectivity index (χ2n) is 8.62. The Balaban J connectivity index is 1.36. The van der Waals surface area contributed by atoms with Crippen molar-refractivity contribution in [3.05, 3.63) is 83.4 Å². The van der Waals surface area contributed by atoms with Crippen molar-refractivity contribution in [3.8, 4) is 17.2 Å². The Hall–Kier alpha value is -3.47. The Kier molecular flexibility index (Phi) is 5.25. The highest BCUT2D eigenvalue weighted by molar-refractivity contribution is 6.02. The summed E-state index contributed by atoms with van der Waals surface area (Å²) in [5.41, 5.74) is 4.11. The summed E-state index contributed by atoms with van der Waals surface area (Å²) in [7, 11) is 3.32. The van der Waals surface area contributed by atoms with Gasteiger partial charge in [0.1, 0.15) is 23.9 Å². The molecule has 2 aliphatic rings. The minimum atomic E-state index is -0.228. The number of rotatable bonds is 7. The normalized spacial score (nSPS) is 15.9. The molecule has 0 N–H and O–H groups in total. The first-order valence-corrected chi connectivity index (χ1v) is 10.9. The molecule has 3 aromatic carbocycles. The summed E-state index contributed by atoms with van der Waals surface area (Å²) in [4.78, 5) is 15.3. The topological polar surface area (TPSA) is 48.0 Å². The molecule has 0 radical (unpaired) electrons. The monoisotopic (exact) mass is 429 g/mol. The molecule has 32 heavy (non-hydrogen) atoms. The summed E-state index contributed by atoms with van der Waals surface area (Å²) < 4.78 is 16.5. The first kappa shape index (κ1) is 20.4. The summed E-state index contributed by atoms with van der Waals surface area (Å²) in [5.74, 6) is 2.72. The number of benzene rings is 3. The van der Waals surface area contributed by atoms with Gasteiger partial charge in [-0.25, -0.2) is 0 Å². The number of hydrogen-bond acceptors (Lipinski definition) is 4. The molecule has 0 saturated heterocycles. The van der Waals surface area contributed by atoms with E-state index in [4.69, 9.17) is 14.2 Å². The third-order valence-electron chi connectivity index (χ3n) is 6.49. The first-order valence-electron chi connectivity index (χ1n) is 10.9. The molecule has 1 saturated carbocycles. The van der Waals surface area contributed by atoms with Crippen LogP contribution in [0.5, 0.6) is 17.2 Å². The number of ether oxygens (including phenoxy) is 3. The van der Waals surface area contributed by atoms with Gasteiger partial charge < -0.3 is 19.1 Å². The van der Waals surface area contributed by atoms with Crippen LogP contribution in [0.1, 0.15) is 29.5 Å². The van der Waals surface area contributed by atoms with Crippen LogP contribution in [-0.4, -0.2) is 20.1 Å². The van der Waals surface area contributed by atoms with Crippen LogP contribution in [-0.2, 0) is 24.4 Å². The van der Waals surface area contributed by atoms with Gasteiger partial charge in [0.25, 0.3) is 0 Å². The lowest BCUT2D eigenvalue weighted by Crippen LogP contribution is -2.42. The highest BCUT2D eigenvalue weighted by Gasteiger charge is 2.54. The molecule has 5 nitrogen and oxygen atoms in total. The van der Waals surface area contributed by atoms with Crippen molar-refractivity contribution in [2.24, 2.45) is 5.41 Å². The maximum Gasteiger partial charge on any atom is 0.233 e. The predicted octanol–water partition coefficient (Wildman–Crippen LogP) is 5.15. The second-order valence-corrected chi connectivity index (χ2v) is 8.62. The lowest BCUT2D eigenvalue weighted by Gasteiger charge is -2.35. The molecule has 0 aromatic heterocycles. The minimum Gasteiger partial charge on any atom is -0.497 e. The van der Waals surface area contributed by atoms with E-state index in [1.807, 2.05) is 65.6 Å². The van der Waals surface area contributed by atoms with Gasteiger partial charge in [0.2, 0.25) is 5.91 Å². The number of fused-ring (bicyclic) bond motifs is 1. The predicted molar refractivity (Wildman–Crippen MR) is 123 cm³/mol. The molecule has 0 bridgehead atoms. The van der Waals surface area contributed by atoms with Crippen molar-refractivity contribution in [1.82, 2.24) is 0 Å². The number of methoxy groups -OCH3 is 2. The summed E-state index contributed by atoms with van der Waals surface area (Å²) in [6, 6.07) is 21.9.